The Hall–Kier alpha value is -3.77. The van der Waals surface area contributed by atoms with E-state index in [-0.39, 0.29) is 22.3 Å². The van der Waals surface area contributed by atoms with Crippen LogP contribution in [0.25, 0.3) is 6.08 Å². The van der Waals surface area contributed by atoms with Crippen LogP contribution in [0.2, 0.25) is 0 Å². The number of anilines is 1. The highest BCUT2D eigenvalue weighted by atomic mass is 32.2. The van der Waals surface area contributed by atoms with Crippen LogP contribution in [-0.4, -0.2) is 30.8 Å². The third kappa shape index (κ3) is 8.36. The van der Waals surface area contributed by atoms with Crippen molar-refractivity contribution >= 4 is 56.6 Å². The molecule has 0 bridgehead atoms. The lowest BCUT2D eigenvalue weighted by Gasteiger charge is -2.06. The highest BCUT2D eigenvalue weighted by molar-refractivity contribution is 8.01. The van der Waals surface area contributed by atoms with Crippen molar-refractivity contribution < 1.29 is 22.7 Å². The molecule has 11 heteroatoms. The van der Waals surface area contributed by atoms with Gasteiger partial charge in [-0.05, 0) is 60.5 Å². The number of allylic oxidation sites excluding steroid dienone is 1. The molecule has 0 spiro atoms. The Morgan fingerprint density at radius 3 is 2.38 bits per heavy atom. The maximum absolute atomic E-state index is 12.8. The van der Waals surface area contributed by atoms with E-state index in [1.54, 1.807) is 13.0 Å². The summed E-state index contributed by atoms with van der Waals surface area (Å²) in [6.07, 6.45) is 3.25. The number of thioether (sulfide) groups is 1. The fourth-order valence-corrected chi connectivity index (χ4v) is 5.80. The van der Waals surface area contributed by atoms with Crippen LogP contribution in [0, 0.1) is 6.92 Å². The summed E-state index contributed by atoms with van der Waals surface area (Å²) in [4.78, 5) is 30.0. The molecule has 1 aromatic heterocycles. The number of carbonyl (C=O) groups is 2. The summed E-state index contributed by atoms with van der Waals surface area (Å²) in [5.74, 6) is 0.360. The van der Waals surface area contributed by atoms with E-state index < -0.39 is 10.0 Å². The van der Waals surface area contributed by atoms with Crippen LogP contribution in [-0.2, 0) is 21.4 Å². The van der Waals surface area contributed by atoms with Gasteiger partial charge in [0.25, 0.3) is 0 Å². The van der Waals surface area contributed by atoms with Gasteiger partial charge < -0.3 is 10.1 Å². The average molecular weight is 580 g/mol. The molecule has 1 amide bonds. The fraction of sp³-hybridized carbons (Fsp3) is 0.107. The van der Waals surface area contributed by atoms with Crippen molar-refractivity contribution in [2.75, 3.05) is 11.1 Å². The Kier molecular flexibility index (Phi) is 9.31. The number of rotatable bonds is 11. The molecule has 0 saturated heterocycles. The molecule has 0 unspecified atom stereocenters. The zero-order chi connectivity index (χ0) is 27.8. The number of ether oxygens (including phenoxy) is 1. The molecule has 4 rings (SSSR count). The monoisotopic (exact) mass is 579 g/mol. The van der Waals surface area contributed by atoms with Crippen LogP contribution >= 0.6 is 23.1 Å². The molecule has 200 valence electrons. The topological polar surface area (TPSA) is 128 Å². The molecule has 0 aliphatic carbocycles. The van der Waals surface area contributed by atoms with Crippen molar-refractivity contribution in [1.82, 2.24) is 4.98 Å². The Balaban J connectivity index is 1.28. The van der Waals surface area contributed by atoms with Gasteiger partial charge in [-0.25, -0.2) is 18.5 Å². The first-order valence-corrected chi connectivity index (χ1v) is 15.0. The van der Waals surface area contributed by atoms with Gasteiger partial charge in [-0.2, -0.15) is 0 Å². The minimum absolute atomic E-state index is 0.0377. The van der Waals surface area contributed by atoms with E-state index in [1.807, 2.05) is 54.6 Å². The number of benzene rings is 3. The quantitative estimate of drug-likeness (QED) is 0.140. The number of amides is 1. The maximum atomic E-state index is 12.8. The van der Waals surface area contributed by atoms with Gasteiger partial charge in [0, 0.05) is 5.69 Å². The van der Waals surface area contributed by atoms with Gasteiger partial charge in [0.2, 0.25) is 15.9 Å². The van der Waals surface area contributed by atoms with E-state index in [2.05, 4.69) is 10.3 Å². The third-order valence-electron chi connectivity index (χ3n) is 5.35. The summed E-state index contributed by atoms with van der Waals surface area (Å²) in [5.41, 5.74) is 2.99. The van der Waals surface area contributed by atoms with Crippen molar-refractivity contribution in [1.29, 1.82) is 0 Å². The Morgan fingerprint density at radius 1 is 1.03 bits per heavy atom. The number of nitrogens with one attached hydrogen (secondary N) is 1. The Bertz CT molecular complexity index is 1580. The lowest BCUT2D eigenvalue weighted by atomic mass is 10.1. The molecular formula is C28H25N3O5S3. The van der Waals surface area contributed by atoms with Crippen LogP contribution < -0.4 is 15.2 Å². The van der Waals surface area contributed by atoms with Gasteiger partial charge >= 0.3 is 0 Å². The van der Waals surface area contributed by atoms with Crippen molar-refractivity contribution in [3.8, 4) is 5.75 Å². The van der Waals surface area contributed by atoms with Crippen molar-refractivity contribution in [3.05, 3.63) is 107 Å². The first-order valence-electron chi connectivity index (χ1n) is 11.7. The number of aryl methyl sites for hydroxylation is 1. The molecule has 4 aromatic rings. The van der Waals surface area contributed by atoms with Gasteiger partial charge in [-0.3, -0.25) is 9.59 Å². The van der Waals surface area contributed by atoms with Crippen molar-refractivity contribution in [2.45, 2.75) is 22.8 Å². The van der Waals surface area contributed by atoms with Crippen molar-refractivity contribution in [3.63, 3.8) is 0 Å². The van der Waals surface area contributed by atoms with Gasteiger partial charge in [-0.1, -0.05) is 60.3 Å². The molecule has 39 heavy (non-hydrogen) atoms. The van der Waals surface area contributed by atoms with E-state index in [9.17, 15) is 18.0 Å². The van der Waals surface area contributed by atoms with E-state index in [4.69, 9.17) is 9.88 Å². The third-order valence-corrected chi connectivity index (χ3v) is 8.59. The molecule has 0 saturated carbocycles. The minimum Gasteiger partial charge on any atom is -0.489 e. The number of carbonyl (C=O) groups excluding carboxylic acids is 2. The van der Waals surface area contributed by atoms with Crippen LogP contribution in [0.1, 0.15) is 26.5 Å². The van der Waals surface area contributed by atoms with Crippen LogP contribution in [0.3, 0.4) is 0 Å². The zero-order valence-corrected chi connectivity index (χ0v) is 23.3. The molecule has 0 atom stereocenters. The van der Waals surface area contributed by atoms with Crippen molar-refractivity contribution in [2.24, 2.45) is 5.14 Å². The summed E-state index contributed by atoms with van der Waals surface area (Å²) in [6, 6.07) is 23.0. The van der Waals surface area contributed by atoms with Gasteiger partial charge in [0.1, 0.15) is 12.4 Å². The zero-order valence-electron chi connectivity index (χ0n) is 20.9. The number of sulfonamides is 1. The van der Waals surface area contributed by atoms with E-state index in [0.29, 0.717) is 27.2 Å². The number of aromatic nitrogens is 1. The second-order valence-electron chi connectivity index (χ2n) is 8.34. The molecule has 3 aromatic carbocycles. The molecule has 3 N–H and O–H groups in total. The highest BCUT2D eigenvalue weighted by Crippen LogP contribution is 2.28. The van der Waals surface area contributed by atoms with Gasteiger partial charge in [0.15, 0.2) is 10.1 Å². The number of nitrogens with zero attached hydrogens (tertiary/aromatic N) is 1. The van der Waals surface area contributed by atoms with Gasteiger partial charge in [-0.15, -0.1) is 11.3 Å². The van der Waals surface area contributed by atoms with E-state index in [1.165, 1.54) is 53.4 Å². The SMILES string of the molecule is Cc1nc(SCC(=O)Nc2ccc(S(N)(=O)=O)cc2)sc1C(=O)/C=C/c1ccc(OCc2ccccc2)cc1. The number of hydrogen-bond donors (Lipinski definition) is 2. The predicted octanol–water partition coefficient (Wildman–Crippen LogP) is 5.30. The number of ketones is 1. The first kappa shape index (κ1) is 28.2. The minimum atomic E-state index is -3.80. The summed E-state index contributed by atoms with van der Waals surface area (Å²) >= 11 is 2.45. The molecule has 0 aliphatic heterocycles. The number of thiazole rings is 1. The predicted molar refractivity (Wildman–Crippen MR) is 155 cm³/mol. The standard InChI is InChI=1S/C28H25N3O5S3/c1-19-27(25(32)16-9-20-7-12-23(13-8-20)36-17-21-5-3-2-4-6-21)38-28(30-19)37-18-26(33)31-22-10-14-24(15-11-22)39(29,34)35/h2-16H,17-18H2,1H3,(H,31,33)(H2,29,34,35)/b16-9+. The number of nitrogens with two attached hydrogens (primary N) is 1. The fourth-order valence-electron chi connectivity index (χ4n) is 3.38. The molecule has 1 heterocycles. The summed E-state index contributed by atoms with van der Waals surface area (Å²) in [6.45, 7) is 2.24. The largest absolute Gasteiger partial charge is 0.489 e. The smallest absolute Gasteiger partial charge is 0.238 e. The maximum Gasteiger partial charge on any atom is 0.238 e. The second kappa shape index (κ2) is 12.9. The summed E-state index contributed by atoms with van der Waals surface area (Å²) in [7, 11) is -3.80. The average Bonchev–Trinajstić information content (AvgIpc) is 3.31. The number of primary sulfonamides is 1. The summed E-state index contributed by atoms with van der Waals surface area (Å²) < 4.78 is 29.1. The molecule has 0 fully saturated rings. The Morgan fingerprint density at radius 2 is 1.72 bits per heavy atom. The van der Waals surface area contributed by atoms with Gasteiger partial charge in [0.05, 0.1) is 21.2 Å². The molecule has 0 radical (unpaired) electrons. The van der Waals surface area contributed by atoms with Crippen LogP contribution in [0.5, 0.6) is 5.75 Å². The van der Waals surface area contributed by atoms with Crippen LogP contribution in [0.15, 0.2) is 94.2 Å². The summed E-state index contributed by atoms with van der Waals surface area (Å²) in [5, 5.41) is 7.77. The second-order valence-corrected chi connectivity index (χ2v) is 12.1. The molecule has 8 nitrogen and oxygen atoms in total. The molecular weight excluding hydrogens is 555 g/mol. The highest BCUT2D eigenvalue weighted by Gasteiger charge is 2.15. The first-order chi connectivity index (χ1) is 18.7. The Labute approximate surface area is 235 Å². The van der Waals surface area contributed by atoms with Crippen LogP contribution in [0.4, 0.5) is 5.69 Å². The number of hydrogen-bond acceptors (Lipinski definition) is 8. The lowest BCUT2D eigenvalue weighted by Crippen LogP contribution is -2.15. The normalized spacial score (nSPS) is 11.4. The molecule has 0 aliphatic rings. The van der Waals surface area contributed by atoms with E-state index >= 15 is 0 Å². The lowest BCUT2D eigenvalue weighted by molar-refractivity contribution is -0.113. The van der Waals surface area contributed by atoms with E-state index in [0.717, 1.165) is 16.9 Å².